The van der Waals surface area contributed by atoms with E-state index in [0.717, 1.165) is 11.3 Å². The van der Waals surface area contributed by atoms with E-state index >= 15 is 0 Å². The predicted molar refractivity (Wildman–Crippen MR) is 58.3 cm³/mol. The van der Waals surface area contributed by atoms with E-state index in [1.807, 2.05) is 13.8 Å². The molecule has 4 nitrogen and oxygen atoms in total. The molecule has 1 aromatic rings. The van der Waals surface area contributed by atoms with Crippen molar-refractivity contribution >= 4 is 17.3 Å². The summed E-state index contributed by atoms with van der Waals surface area (Å²) < 4.78 is 0. The van der Waals surface area contributed by atoms with Crippen LogP contribution >= 0.6 is 0 Å². The van der Waals surface area contributed by atoms with Gasteiger partial charge in [-0.3, -0.25) is 4.79 Å². The molecule has 4 heteroatoms. The molecular formula is C11H12N2O2. The summed E-state index contributed by atoms with van der Waals surface area (Å²) in [5, 5.41) is 2.88. The van der Waals surface area contributed by atoms with Crippen LogP contribution in [0.25, 0.3) is 0 Å². The number of rotatable bonds is 1. The average Bonchev–Trinajstić information content (AvgIpc) is 2.40. The summed E-state index contributed by atoms with van der Waals surface area (Å²) in [7, 11) is 1.74. The van der Waals surface area contributed by atoms with Crippen LogP contribution in [-0.4, -0.2) is 13.0 Å². The number of fused-ring (bicyclic) bond motifs is 1. The Morgan fingerprint density at radius 1 is 1.33 bits per heavy atom. The maximum atomic E-state index is 11.9. The molecule has 78 valence electrons. The van der Waals surface area contributed by atoms with E-state index in [1.54, 1.807) is 30.1 Å². The first-order valence-corrected chi connectivity index (χ1v) is 4.74. The Labute approximate surface area is 87.9 Å². The first-order chi connectivity index (χ1) is 6.98. The second-order valence-electron chi connectivity index (χ2n) is 4.28. The molecule has 1 aromatic carbocycles. The van der Waals surface area contributed by atoms with Crippen molar-refractivity contribution in [3.05, 3.63) is 28.7 Å². The Morgan fingerprint density at radius 3 is 2.60 bits per heavy atom. The Morgan fingerprint density at radius 2 is 2.00 bits per heavy atom. The fourth-order valence-corrected chi connectivity index (χ4v) is 2.02. The van der Waals surface area contributed by atoms with Gasteiger partial charge in [0.15, 0.2) is 0 Å². The molecule has 0 unspecified atom stereocenters. The molecule has 2 rings (SSSR count). The summed E-state index contributed by atoms with van der Waals surface area (Å²) in [5.74, 6) is 0.0422. The number of nitrogens with zero attached hydrogens (tertiary/aromatic N) is 2. The zero-order valence-electron chi connectivity index (χ0n) is 8.94. The van der Waals surface area contributed by atoms with Gasteiger partial charge in [-0.05, 0) is 42.8 Å². The van der Waals surface area contributed by atoms with E-state index in [9.17, 15) is 9.70 Å². The van der Waals surface area contributed by atoms with Crippen LogP contribution in [0.4, 0.5) is 11.4 Å². The molecule has 1 aliphatic heterocycles. The van der Waals surface area contributed by atoms with Crippen molar-refractivity contribution in [2.75, 3.05) is 11.9 Å². The zero-order chi connectivity index (χ0) is 11.2. The lowest BCUT2D eigenvalue weighted by atomic mass is 9.86. The average molecular weight is 204 g/mol. The van der Waals surface area contributed by atoms with Crippen molar-refractivity contribution in [1.29, 1.82) is 0 Å². The van der Waals surface area contributed by atoms with Crippen LogP contribution in [0.5, 0.6) is 0 Å². The summed E-state index contributed by atoms with van der Waals surface area (Å²) in [5.41, 5.74) is 1.53. The number of hydrogen-bond donors (Lipinski definition) is 0. The van der Waals surface area contributed by atoms with Gasteiger partial charge in [-0.25, -0.2) is 0 Å². The molecule has 0 bridgehead atoms. The molecule has 0 saturated carbocycles. The van der Waals surface area contributed by atoms with Gasteiger partial charge in [-0.15, -0.1) is 4.91 Å². The quantitative estimate of drug-likeness (QED) is 0.659. The summed E-state index contributed by atoms with van der Waals surface area (Å²) in [6.07, 6.45) is 0. The van der Waals surface area contributed by atoms with E-state index in [-0.39, 0.29) is 5.91 Å². The van der Waals surface area contributed by atoms with E-state index < -0.39 is 5.41 Å². The van der Waals surface area contributed by atoms with Crippen LogP contribution in [0.3, 0.4) is 0 Å². The highest BCUT2D eigenvalue weighted by Gasteiger charge is 2.42. The number of likely N-dealkylation sites (N-methyl/N-ethyl adjacent to an activating group) is 1. The van der Waals surface area contributed by atoms with Crippen LogP contribution in [0.15, 0.2) is 23.4 Å². The molecule has 0 fully saturated rings. The van der Waals surface area contributed by atoms with Gasteiger partial charge in [0.2, 0.25) is 5.91 Å². The van der Waals surface area contributed by atoms with Gasteiger partial charge >= 0.3 is 0 Å². The van der Waals surface area contributed by atoms with E-state index in [2.05, 4.69) is 5.18 Å². The Bertz CT molecular complexity index is 452. The van der Waals surface area contributed by atoms with Gasteiger partial charge in [0.25, 0.3) is 0 Å². The summed E-state index contributed by atoms with van der Waals surface area (Å²) in [6.45, 7) is 3.71. The SMILES string of the molecule is CN1C(=O)C(C)(C)c2cc(N=O)ccc21. The van der Waals surface area contributed by atoms with E-state index in [0.29, 0.717) is 5.69 Å². The summed E-state index contributed by atoms with van der Waals surface area (Å²) in [4.78, 5) is 23.9. The second kappa shape index (κ2) is 2.89. The first-order valence-electron chi connectivity index (χ1n) is 4.74. The lowest BCUT2D eigenvalue weighted by Crippen LogP contribution is -2.33. The largest absolute Gasteiger partial charge is 0.314 e. The van der Waals surface area contributed by atoms with Gasteiger partial charge in [-0.2, -0.15) is 0 Å². The third kappa shape index (κ3) is 1.17. The maximum Gasteiger partial charge on any atom is 0.236 e. The van der Waals surface area contributed by atoms with E-state index in [4.69, 9.17) is 0 Å². The van der Waals surface area contributed by atoms with Gasteiger partial charge in [0.1, 0.15) is 5.69 Å². The molecule has 0 radical (unpaired) electrons. The minimum Gasteiger partial charge on any atom is -0.314 e. The number of anilines is 1. The highest BCUT2D eigenvalue weighted by molar-refractivity contribution is 6.07. The lowest BCUT2D eigenvalue weighted by Gasteiger charge is -2.16. The van der Waals surface area contributed by atoms with Crippen molar-refractivity contribution in [2.24, 2.45) is 5.18 Å². The first kappa shape index (κ1) is 9.83. The minimum atomic E-state index is -0.565. The molecule has 1 heterocycles. The van der Waals surface area contributed by atoms with Crippen molar-refractivity contribution in [3.8, 4) is 0 Å². The standard InChI is InChI=1S/C11H12N2O2/c1-11(2)8-6-7(12-15)4-5-9(8)13(3)10(11)14/h4-6H,1-3H3. The summed E-state index contributed by atoms with van der Waals surface area (Å²) in [6, 6.07) is 5.07. The number of carbonyl (C=O) groups is 1. The number of benzene rings is 1. The smallest absolute Gasteiger partial charge is 0.236 e. The molecule has 0 spiro atoms. The topological polar surface area (TPSA) is 49.7 Å². The van der Waals surface area contributed by atoms with E-state index in [1.165, 1.54) is 0 Å². The summed E-state index contributed by atoms with van der Waals surface area (Å²) >= 11 is 0. The molecule has 0 aromatic heterocycles. The van der Waals surface area contributed by atoms with Gasteiger partial charge in [0, 0.05) is 12.7 Å². The predicted octanol–water partition coefficient (Wildman–Crippen LogP) is 2.34. The molecule has 1 amide bonds. The monoisotopic (exact) mass is 204 g/mol. The second-order valence-corrected chi connectivity index (χ2v) is 4.28. The number of amides is 1. The number of hydrogen-bond acceptors (Lipinski definition) is 3. The Kier molecular flexibility index (Phi) is 1.89. The molecule has 15 heavy (non-hydrogen) atoms. The molecule has 0 aliphatic carbocycles. The van der Waals surface area contributed by atoms with Crippen LogP contribution in [0, 0.1) is 4.91 Å². The van der Waals surface area contributed by atoms with Gasteiger partial charge in [-0.1, -0.05) is 0 Å². The van der Waals surface area contributed by atoms with Crippen molar-refractivity contribution in [2.45, 2.75) is 19.3 Å². The van der Waals surface area contributed by atoms with Gasteiger partial charge in [0.05, 0.1) is 5.41 Å². The Balaban J connectivity index is 2.67. The van der Waals surface area contributed by atoms with Crippen molar-refractivity contribution in [1.82, 2.24) is 0 Å². The number of carbonyl (C=O) groups excluding carboxylic acids is 1. The van der Waals surface area contributed by atoms with Crippen LogP contribution in [0.2, 0.25) is 0 Å². The van der Waals surface area contributed by atoms with Crippen molar-refractivity contribution in [3.63, 3.8) is 0 Å². The molecule has 1 aliphatic rings. The third-order valence-electron chi connectivity index (χ3n) is 2.96. The maximum absolute atomic E-state index is 11.9. The third-order valence-corrected chi connectivity index (χ3v) is 2.96. The highest BCUT2D eigenvalue weighted by Crippen LogP contribution is 2.42. The highest BCUT2D eigenvalue weighted by atomic mass is 16.3. The van der Waals surface area contributed by atoms with Crippen molar-refractivity contribution < 1.29 is 4.79 Å². The number of nitroso groups, excluding NO2 is 1. The van der Waals surface area contributed by atoms with Crippen LogP contribution in [-0.2, 0) is 10.2 Å². The lowest BCUT2D eigenvalue weighted by molar-refractivity contribution is -0.121. The molecule has 0 saturated heterocycles. The molecule has 0 atom stereocenters. The fourth-order valence-electron chi connectivity index (χ4n) is 2.02. The van der Waals surface area contributed by atoms with Gasteiger partial charge < -0.3 is 4.90 Å². The zero-order valence-corrected chi connectivity index (χ0v) is 8.94. The van der Waals surface area contributed by atoms with Crippen LogP contribution in [0.1, 0.15) is 19.4 Å². The fraction of sp³-hybridized carbons (Fsp3) is 0.364. The normalized spacial score (nSPS) is 17.8. The minimum absolute atomic E-state index is 0.0422. The molecule has 0 N–H and O–H groups in total. The van der Waals surface area contributed by atoms with Crippen LogP contribution < -0.4 is 4.90 Å². The Hall–Kier alpha value is -1.71. The molecular weight excluding hydrogens is 192 g/mol.